The first kappa shape index (κ1) is 14.8. The highest BCUT2D eigenvalue weighted by Crippen LogP contribution is 2.27. The van der Waals surface area contributed by atoms with Crippen LogP contribution in [0.3, 0.4) is 0 Å². The third-order valence-corrected chi connectivity index (χ3v) is 4.43. The number of hydrogen-bond acceptors (Lipinski definition) is 4. The quantitative estimate of drug-likeness (QED) is 0.695. The Morgan fingerprint density at radius 3 is 2.95 bits per heavy atom. The first-order chi connectivity index (χ1) is 10.7. The van der Waals surface area contributed by atoms with E-state index in [4.69, 9.17) is 0 Å². The number of nitrogens with zero attached hydrogens (tertiary/aromatic N) is 3. The Labute approximate surface area is 134 Å². The van der Waals surface area contributed by atoms with E-state index in [0.29, 0.717) is 5.92 Å². The molecule has 6 heteroatoms. The normalized spacial score (nSPS) is 12.7. The van der Waals surface area contributed by atoms with Gasteiger partial charge in [0.25, 0.3) is 0 Å². The summed E-state index contributed by atoms with van der Waals surface area (Å²) in [6.45, 7) is 5.41. The van der Waals surface area contributed by atoms with Crippen LogP contribution < -0.4 is 5.32 Å². The summed E-state index contributed by atoms with van der Waals surface area (Å²) in [7, 11) is 0. The molecule has 0 aliphatic heterocycles. The molecule has 0 bridgehead atoms. The number of hydrogen-bond donors (Lipinski definition) is 2. The van der Waals surface area contributed by atoms with Crippen molar-refractivity contribution in [3.05, 3.63) is 52.9 Å². The lowest BCUT2D eigenvalue weighted by Gasteiger charge is -2.14. The predicted octanol–water partition coefficient (Wildman–Crippen LogP) is 3.92. The molecule has 1 atom stereocenters. The second-order valence-electron chi connectivity index (χ2n) is 5.71. The second-order valence-corrected chi connectivity index (χ2v) is 6.69. The molecule has 3 rings (SSSR count). The number of thiophene rings is 1. The number of aromatic amines is 1. The van der Waals surface area contributed by atoms with Crippen molar-refractivity contribution in [1.82, 2.24) is 19.7 Å². The first-order valence-electron chi connectivity index (χ1n) is 7.55. The molecule has 0 radical (unpaired) electrons. The Morgan fingerprint density at radius 2 is 2.27 bits per heavy atom. The second kappa shape index (κ2) is 6.79. The lowest BCUT2D eigenvalue weighted by molar-refractivity contribution is 0.487. The highest BCUT2D eigenvalue weighted by Gasteiger charge is 2.18. The van der Waals surface area contributed by atoms with Crippen LogP contribution >= 0.6 is 11.3 Å². The third-order valence-electron chi connectivity index (χ3n) is 3.49. The molecule has 22 heavy (non-hydrogen) atoms. The number of imidazole rings is 1. The molecule has 1 unspecified atom stereocenters. The molecule has 0 amide bonds. The van der Waals surface area contributed by atoms with Gasteiger partial charge in [-0.3, -0.25) is 4.68 Å². The summed E-state index contributed by atoms with van der Waals surface area (Å²) in [4.78, 5) is 8.79. The molecule has 0 saturated heterocycles. The predicted molar refractivity (Wildman–Crippen MR) is 90.1 cm³/mol. The van der Waals surface area contributed by atoms with Crippen LogP contribution in [0.15, 0.2) is 42.2 Å². The number of aryl methyl sites for hydroxylation is 1. The van der Waals surface area contributed by atoms with Gasteiger partial charge in [0.1, 0.15) is 17.7 Å². The number of anilines is 1. The van der Waals surface area contributed by atoms with E-state index in [-0.39, 0.29) is 6.04 Å². The van der Waals surface area contributed by atoms with Crippen molar-refractivity contribution in [3.8, 4) is 0 Å². The topological polar surface area (TPSA) is 58.5 Å². The first-order valence-corrected chi connectivity index (χ1v) is 8.43. The van der Waals surface area contributed by atoms with Gasteiger partial charge in [0.05, 0.1) is 0 Å². The van der Waals surface area contributed by atoms with E-state index in [9.17, 15) is 0 Å². The Balaban J connectivity index is 1.74. The Bertz CT molecular complexity index is 635. The highest BCUT2D eigenvalue weighted by molar-refractivity contribution is 7.10. The summed E-state index contributed by atoms with van der Waals surface area (Å²) < 4.78 is 2.00. The maximum Gasteiger partial charge on any atom is 0.148 e. The molecule has 3 heterocycles. The monoisotopic (exact) mass is 315 g/mol. The lowest BCUT2D eigenvalue weighted by atomic mass is 10.1. The molecule has 5 nitrogen and oxygen atoms in total. The molecular weight excluding hydrogens is 294 g/mol. The van der Waals surface area contributed by atoms with Gasteiger partial charge in [-0.2, -0.15) is 5.10 Å². The fraction of sp³-hybridized carbons (Fsp3) is 0.375. The van der Waals surface area contributed by atoms with Crippen molar-refractivity contribution < 1.29 is 0 Å². The van der Waals surface area contributed by atoms with Gasteiger partial charge in [-0.05, 0) is 23.8 Å². The van der Waals surface area contributed by atoms with Gasteiger partial charge in [-0.15, -0.1) is 11.3 Å². The van der Waals surface area contributed by atoms with Crippen LogP contribution in [0.5, 0.6) is 0 Å². The number of aromatic nitrogens is 4. The standard InChI is InChI=1S/C16H21N5S/c1-12(2)5-9-21-10-6-14(20-21)19-15(13-4-3-11-22-13)16-17-7-8-18-16/h3-4,6-8,10-12,15H,5,9H2,1-2H3,(H,17,18)(H,19,20). The summed E-state index contributed by atoms with van der Waals surface area (Å²) in [5.74, 6) is 2.46. The molecule has 0 saturated carbocycles. The zero-order valence-electron chi connectivity index (χ0n) is 12.9. The van der Waals surface area contributed by atoms with Gasteiger partial charge >= 0.3 is 0 Å². The van der Waals surface area contributed by atoms with Crippen molar-refractivity contribution in [1.29, 1.82) is 0 Å². The largest absolute Gasteiger partial charge is 0.354 e. The Morgan fingerprint density at radius 1 is 1.36 bits per heavy atom. The third kappa shape index (κ3) is 3.57. The van der Waals surface area contributed by atoms with E-state index in [0.717, 1.165) is 24.6 Å². The maximum atomic E-state index is 4.61. The van der Waals surface area contributed by atoms with E-state index in [1.54, 1.807) is 17.5 Å². The average molecular weight is 315 g/mol. The summed E-state index contributed by atoms with van der Waals surface area (Å²) in [5.41, 5.74) is 0. The smallest absolute Gasteiger partial charge is 0.148 e. The van der Waals surface area contributed by atoms with Gasteiger partial charge < -0.3 is 10.3 Å². The van der Waals surface area contributed by atoms with E-state index in [1.807, 2.05) is 23.1 Å². The molecular formula is C16H21N5S. The highest BCUT2D eigenvalue weighted by atomic mass is 32.1. The summed E-state index contributed by atoms with van der Waals surface area (Å²) >= 11 is 1.71. The molecule has 2 N–H and O–H groups in total. The fourth-order valence-corrected chi connectivity index (χ4v) is 3.04. The summed E-state index contributed by atoms with van der Waals surface area (Å²) in [6, 6.07) is 6.19. The van der Waals surface area contributed by atoms with E-state index in [1.165, 1.54) is 4.88 Å². The van der Waals surface area contributed by atoms with Gasteiger partial charge in [-0.1, -0.05) is 19.9 Å². The van der Waals surface area contributed by atoms with Crippen LogP contribution in [0, 0.1) is 5.92 Å². The number of H-pyrrole nitrogens is 1. The Hall–Kier alpha value is -2.08. The SMILES string of the molecule is CC(C)CCn1ccc(NC(c2ncc[nH]2)c2cccs2)n1. The zero-order chi connectivity index (χ0) is 15.4. The van der Waals surface area contributed by atoms with Crippen LogP contribution in [0.2, 0.25) is 0 Å². The van der Waals surface area contributed by atoms with E-state index < -0.39 is 0 Å². The van der Waals surface area contributed by atoms with Gasteiger partial charge in [0, 0.05) is 36.1 Å². The molecule has 0 spiro atoms. The fourth-order valence-electron chi connectivity index (χ4n) is 2.27. The van der Waals surface area contributed by atoms with Crippen LogP contribution in [-0.2, 0) is 6.54 Å². The number of nitrogens with one attached hydrogen (secondary N) is 2. The van der Waals surface area contributed by atoms with Crippen LogP contribution in [0.1, 0.15) is 37.0 Å². The molecule has 116 valence electrons. The summed E-state index contributed by atoms with van der Waals surface area (Å²) in [6.07, 6.45) is 6.78. The van der Waals surface area contributed by atoms with Gasteiger partial charge in [0.15, 0.2) is 0 Å². The molecule has 0 fully saturated rings. The molecule has 0 aliphatic rings. The molecule has 3 aromatic rings. The van der Waals surface area contributed by atoms with E-state index in [2.05, 4.69) is 51.7 Å². The Kier molecular flexibility index (Phi) is 4.58. The molecule has 0 aliphatic carbocycles. The zero-order valence-corrected chi connectivity index (χ0v) is 13.7. The number of rotatable bonds is 7. The molecule has 3 aromatic heterocycles. The van der Waals surface area contributed by atoms with Crippen molar-refractivity contribution >= 4 is 17.2 Å². The lowest BCUT2D eigenvalue weighted by Crippen LogP contribution is -2.13. The van der Waals surface area contributed by atoms with Crippen molar-refractivity contribution in [2.24, 2.45) is 5.92 Å². The van der Waals surface area contributed by atoms with Crippen LogP contribution in [-0.4, -0.2) is 19.7 Å². The van der Waals surface area contributed by atoms with Crippen molar-refractivity contribution in [2.75, 3.05) is 5.32 Å². The average Bonchev–Trinajstić information content (AvgIpc) is 3.23. The van der Waals surface area contributed by atoms with Gasteiger partial charge in [0.2, 0.25) is 0 Å². The van der Waals surface area contributed by atoms with Crippen LogP contribution in [0.4, 0.5) is 5.82 Å². The van der Waals surface area contributed by atoms with Crippen molar-refractivity contribution in [2.45, 2.75) is 32.9 Å². The summed E-state index contributed by atoms with van der Waals surface area (Å²) in [5, 5.41) is 10.2. The van der Waals surface area contributed by atoms with Crippen molar-refractivity contribution in [3.63, 3.8) is 0 Å². The minimum atomic E-state index is 0.00319. The minimum absolute atomic E-state index is 0.00319. The minimum Gasteiger partial charge on any atom is -0.354 e. The molecule has 0 aromatic carbocycles. The maximum absolute atomic E-state index is 4.61. The van der Waals surface area contributed by atoms with Crippen LogP contribution in [0.25, 0.3) is 0 Å². The van der Waals surface area contributed by atoms with E-state index >= 15 is 0 Å². The van der Waals surface area contributed by atoms with Gasteiger partial charge in [-0.25, -0.2) is 4.98 Å².